The SMILES string of the molecule is COc1cc(F)cc(C(C)NC(=O)C(CO)N2Cc3ccc(-c4nc(NC5CCOCC5)ncc4Cl)cc3C2=O)c1. The van der Waals surface area contributed by atoms with Gasteiger partial charge in [-0.25, -0.2) is 14.4 Å². The van der Waals surface area contributed by atoms with Crippen LogP contribution < -0.4 is 15.4 Å². The van der Waals surface area contributed by atoms with Crippen LogP contribution in [0.1, 0.15) is 47.3 Å². The van der Waals surface area contributed by atoms with E-state index in [1.807, 2.05) is 6.07 Å². The molecule has 3 N–H and O–H groups in total. The summed E-state index contributed by atoms with van der Waals surface area (Å²) >= 11 is 6.45. The van der Waals surface area contributed by atoms with Gasteiger partial charge < -0.3 is 30.1 Å². The molecule has 1 aromatic heterocycles. The number of ether oxygens (including phenoxy) is 2. The van der Waals surface area contributed by atoms with Gasteiger partial charge in [0.05, 0.1) is 36.7 Å². The summed E-state index contributed by atoms with van der Waals surface area (Å²) in [6.07, 6.45) is 3.22. The minimum atomic E-state index is -1.14. The number of aliphatic hydroxyl groups excluding tert-OH is 1. The summed E-state index contributed by atoms with van der Waals surface area (Å²) in [5.74, 6) is -0.715. The van der Waals surface area contributed by atoms with Crippen molar-refractivity contribution in [2.24, 2.45) is 0 Å². The molecule has 3 heterocycles. The van der Waals surface area contributed by atoms with E-state index in [0.29, 0.717) is 57.9 Å². The van der Waals surface area contributed by atoms with Crippen molar-refractivity contribution in [2.45, 2.75) is 44.4 Å². The molecular weight excluding hydrogens is 553 g/mol. The van der Waals surface area contributed by atoms with Gasteiger partial charge in [0.2, 0.25) is 11.9 Å². The van der Waals surface area contributed by atoms with E-state index in [9.17, 15) is 19.1 Å². The largest absolute Gasteiger partial charge is 0.497 e. The van der Waals surface area contributed by atoms with Crippen LogP contribution in [0.3, 0.4) is 0 Å². The standard InChI is InChI=1S/C29H31ClFN5O5/c1-16(19-9-20(31)12-22(10-19)40-2)33-27(38)25(15-37)36-14-18-4-3-17(11-23(18)28(36)39)26-24(30)13-32-29(35-26)34-21-5-7-41-8-6-21/h3-4,9-13,16,21,25,37H,5-8,14-15H2,1-2H3,(H,33,38)(H,32,34,35). The molecule has 1 saturated heterocycles. The van der Waals surface area contributed by atoms with E-state index in [-0.39, 0.29) is 12.6 Å². The number of halogens is 2. The van der Waals surface area contributed by atoms with Crippen molar-refractivity contribution in [3.05, 3.63) is 70.1 Å². The molecule has 0 saturated carbocycles. The fraction of sp³-hybridized carbons (Fsp3) is 0.379. The first kappa shape index (κ1) is 28.7. The Morgan fingerprint density at radius 3 is 2.78 bits per heavy atom. The lowest BCUT2D eigenvalue weighted by molar-refractivity contribution is -0.127. The fourth-order valence-corrected chi connectivity index (χ4v) is 5.25. The van der Waals surface area contributed by atoms with Crippen LogP contribution in [-0.4, -0.2) is 70.8 Å². The number of methoxy groups -OCH3 is 1. The van der Waals surface area contributed by atoms with E-state index in [1.54, 1.807) is 25.1 Å². The molecule has 216 valence electrons. The zero-order valence-electron chi connectivity index (χ0n) is 22.7. The first-order chi connectivity index (χ1) is 19.8. The molecule has 2 aliphatic rings. The minimum Gasteiger partial charge on any atom is -0.497 e. The molecule has 41 heavy (non-hydrogen) atoms. The molecule has 0 radical (unpaired) electrons. The Morgan fingerprint density at radius 1 is 1.27 bits per heavy atom. The number of aliphatic hydroxyl groups is 1. The van der Waals surface area contributed by atoms with Crippen LogP contribution in [-0.2, 0) is 16.1 Å². The highest BCUT2D eigenvalue weighted by atomic mass is 35.5. The van der Waals surface area contributed by atoms with Gasteiger partial charge >= 0.3 is 0 Å². The van der Waals surface area contributed by atoms with E-state index < -0.39 is 36.3 Å². The highest BCUT2D eigenvalue weighted by Crippen LogP contribution is 2.33. The molecule has 0 bridgehead atoms. The monoisotopic (exact) mass is 583 g/mol. The third kappa shape index (κ3) is 6.27. The lowest BCUT2D eigenvalue weighted by Gasteiger charge is -2.27. The van der Waals surface area contributed by atoms with Gasteiger partial charge in [-0.05, 0) is 49.1 Å². The predicted molar refractivity (Wildman–Crippen MR) is 150 cm³/mol. The lowest BCUT2D eigenvalue weighted by Crippen LogP contribution is -2.49. The lowest BCUT2D eigenvalue weighted by atomic mass is 10.0. The van der Waals surface area contributed by atoms with Crippen molar-refractivity contribution in [1.29, 1.82) is 0 Å². The minimum absolute atomic E-state index is 0.142. The molecule has 12 heteroatoms. The molecular formula is C29H31ClFN5O5. The Hall–Kier alpha value is -3.80. The molecule has 10 nitrogen and oxygen atoms in total. The van der Waals surface area contributed by atoms with E-state index >= 15 is 0 Å². The summed E-state index contributed by atoms with van der Waals surface area (Å²) in [7, 11) is 1.42. The normalized spacial score (nSPS) is 16.7. The molecule has 2 atom stereocenters. The maximum atomic E-state index is 14.0. The second-order valence-corrected chi connectivity index (χ2v) is 10.5. The van der Waals surface area contributed by atoms with Crippen molar-refractivity contribution in [3.63, 3.8) is 0 Å². The molecule has 5 rings (SSSR count). The Balaban J connectivity index is 1.32. The number of hydrogen-bond acceptors (Lipinski definition) is 8. The smallest absolute Gasteiger partial charge is 0.255 e. The highest BCUT2D eigenvalue weighted by Gasteiger charge is 2.37. The number of amides is 2. The highest BCUT2D eigenvalue weighted by molar-refractivity contribution is 6.33. The second-order valence-electron chi connectivity index (χ2n) is 10.1. The zero-order chi connectivity index (χ0) is 29.1. The van der Waals surface area contributed by atoms with Gasteiger partial charge in [-0.2, -0.15) is 0 Å². The quantitative estimate of drug-likeness (QED) is 0.348. The van der Waals surface area contributed by atoms with E-state index in [0.717, 1.165) is 12.8 Å². The van der Waals surface area contributed by atoms with Gasteiger partial charge in [0, 0.05) is 43.0 Å². The van der Waals surface area contributed by atoms with Crippen LogP contribution in [0.2, 0.25) is 5.02 Å². The fourth-order valence-electron chi connectivity index (χ4n) is 5.05. The average molecular weight is 584 g/mol. The number of fused-ring (bicyclic) bond motifs is 1. The van der Waals surface area contributed by atoms with Crippen LogP contribution >= 0.6 is 11.6 Å². The maximum Gasteiger partial charge on any atom is 0.255 e. The van der Waals surface area contributed by atoms with E-state index in [1.165, 1.54) is 30.3 Å². The number of benzene rings is 2. The van der Waals surface area contributed by atoms with Gasteiger partial charge in [-0.15, -0.1) is 0 Å². The maximum absolute atomic E-state index is 14.0. The predicted octanol–water partition coefficient (Wildman–Crippen LogP) is 3.73. The number of rotatable bonds is 9. The Bertz CT molecular complexity index is 1450. The van der Waals surface area contributed by atoms with Crippen LogP contribution in [0.4, 0.5) is 10.3 Å². The van der Waals surface area contributed by atoms with E-state index in [2.05, 4.69) is 20.6 Å². The summed E-state index contributed by atoms with van der Waals surface area (Å²) in [5, 5.41) is 16.5. The van der Waals surface area contributed by atoms with Gasteiger partial charge in [-0.3, -0.25) is 9.59 Å². The number of carbonyl (C=O) groups excluding carboxylic acids is 2. The van der Waals surface area contributed by atoms with Crippen molar-refractivity contribution < 1.29 is 28.6 Å². The summed E-state index contributed by atoms with van der Waals surface area (Å²) in [6, 6.07) is 7.90. The van der Waals surface area contributed by atoms with Crippen molar-refractivity contribution >= 4 is 29.4 Å². The summed E-state index contributed by atoms with van der Waals surface area (Å²) in [5.41, 5.74) is 2.69. The number of hydrogen-bond donors (Lipinski definition) is 3. The molecule has 3 aromatic rings. The first-order valence-electron chi connectivity index (χ1n) is 13.3. The van der Waals surface area contributed by atoms with Crippen LogP contribution in [0.25, 0.3) is 11.3 Å². The Kier molecular flexibility index (Phi) is 8.67. The molecule has 0 spiro atoms. The summed E-state index contributed by atoms with van der Waals surface area (Å²) in [4.78, 5) is 36.9. The van der Waals surface area contributed by atoms with Gasteiger partial charge in [0.1, 0.15) is 17.6 Å². The summed E-state index contributed by atoms with van der Waals surface area (Å²) in [6.45, 7) is 2.59. The molecule has 2 amide bonds. The Morgan fingerprint density at radius 2 is 2.05 bits per heavy atom. The van der Waals surface area contributed by atoms with Crippen molar-refractivity contribution in [1.82, 2.24) is 20.2 Å². The van der Waals surface area contributed by atoms with Crippen LogP contribution in [0.15, 0.2) is 42.6 Å². The van der Waals surface area contributed by atoms with E-state index in [4.69, 9.17) is 21.1 Å². The third-order valence-corrected chi connectivity index (χ3v) is 7.63. The van der Waals surface area contributed by atoms with Gasteiger partial charge in [0.25, 0.3) is 5.91 Å². The average Bonchev–Trinajstić information content (AvgIpc) is 3.29. The summed E-state index contributed by atoms with van der Waals surface area (Å²) < 4.78 is 24.5. The molecule has 2 aliphatic heterocycles. The zero-order valence-corrected chi connectivity index (χ0v) is 23.4. The number of aromatic nitrogens is 2. The number of nitrogens with zero attached hydrogens (tertiary/aromatic N) is 3. The van der Waals surface area contributed by atoms with Gasteiger partial charge in [0.15, 0.2) is 0 Å². The number of anilines is 1. The third-order valence-electron chi connectivity index (χ3n) is 7.35. The van der Waals surface area contributed by atoms with Crippen molar-refractivity contribution in [3.8, 4) is 17.0 Å². The molecule has 2 unspecified atom stereocenters. The number of carbonyl (C=O) groups is 2. The van der Waals surface area contributed by atoms with Gasteiger partial charge in [-0.1, -0.05) is 23.7 Å². The first-order valence-corrected chi connectivity index (χ1v) is 13.7. The van der Waals surface area contributed by atoms with Crippen molar-refractivity contribution in [2.75, 3.05) is 32.2 Å². The topological polar surface area (TPSA) is 126 Å². The molecule has 1 fully saturated rings. The Labute approximate surface area is 241 Å². The van der Waals surface area contributed by atoms with Crippen LogP contribution in [0, 0.1) is 5.82 Å². The van der Waals surface area contributed by atoms with Crippen LogP contribution in [0.5, 0.6) is 5.75 Å². The molecule has 0 aliphatic carbocycles. The molecule has 2 aromatic carbocycles. The number of nitrogens with one attached hydrogen (secondary N) is 2. The second kappa shape index (κ2) is 12.4.